The van der Waals surface area contributed by atoms with Gasteiger partial charge in [0.1, 0.15) is 0 Å². The molecule has 0 saturated heterocycles. The van der Waals surface area contributed by atoms with E-state index in [-0.39, 0.29) is 18.7 Å². The van der Waals surface area contributed by atoms with Gasteiger partial charge in [-0.3, -0.25) is 0 Å². The maximum atomic E-state index is 11.0. The molecular formula is C12H11ClN2O3. The van der Waals surface area contributed by atoms with Crippen LogP contribution in [0.25, 0.3) is 5.69 Å². The summed E-state index contributed by atoms with van der Waals surface area (Å²) in [5.74, 6) is -1.12. The molecule has 0 aliphatic heterocycles. The number of para-hydroxylation sites is 1. The van der Waals surface area contributed by atoms with E-state index in [4.69, 9.17) is 21.8 Å². The Bertz CT molecular complexity index is 580. The number of hydrogen-bond donors (Lipinski definition) is 2. The summed E-state index contributed by atoms with van der Waals surface area (Å²) in [6.07, 6.45) is 1.81. The molecule has 0 saturated carbocycles. The van der Waals surface area contributed by atoms with Crippen LogP contribution in [-0.2, 0) is 6.42 Å². The van der Waals surface area contributed by atoms with Gasteiger partial charge in [-0.15, -0.1) is 0 Å². The van der Waals surface area contributed by atoms with Crippen molar-refractivity contribution >= 4 is 17.6 Å². The lowest BCUT2D eigenvalue weighted by Gasteiger charge is -2.02. The first kappa shape index (κ1) is 12.6. The minimum atomic E-state index is -1.12. The maximum absolute atomic E-state index is 11.0. The van der Waals surface area contributed by atoms with Crippen LogP contribution in [0.4, 0.5) is 0 Å². The first-order valence-corrected chi connectivity index (χ1v) is 5.69. The van der Waals surface area contributed by atoms with Crippen LogP contribution in [0.3, 0.4) is 0 Å². The number of nitrogens with zero attached hydrogens (tertiary/aromatic N) is 2. The second-order valence-corrected chi connectivity index (χ2v) is 4.08. The quantitative estimate of drug-likeness (QED) is 0.884. The summed E-state index contributed by atoms with van der Waals surface area (Å²) in [4.78, 5) is 11.0. The molecule has 2 rings (SSSR count). The Kier molecular flexibility index (Phi) is 3.64. The summed E-state index contributed by atoms with van der Waals surface area (Å²) in [7, 11) is 0. The minimum absolute atomic E-state index is 0.0658. The number of aliphatic hydroxyl groups excluding tert-OH is 1. The Morgan fingerprint density at radius 1 is 1.39 bits per heavy atom. The molecule has 0 aliphatic rings. The predicted octanol–water partition coefficient (Wildman–Crippen LogP) is 1.76. The maximum Gasteiger partial charge on any atom is 0.356 e. The summed E-state index contributed by atoms with van der Waals surface area (Å²) in [5.41, 5.74) is 1.01. The van der Waals surface area contributed by atoms with E-state index in [1.807, 2.05) is 0 Å². The van der Waals surface area contributed by atoms with Gasteiger partial charge in [-0.2, -0.15) is 5.10 Å². The molecule has 0 radical (unpaired) electrons. The van der Waals surface area contributed by atoms with Crippen LogP contribution in [0.1, 0.15) is 16.1 Å². The molecule has 0 amide bonds. The monoisotopic (exact) mass is 266 g/mol. The number of aromatic carboxylic acids is 1. The predicted molar refractivity (Wildman–Crippen MR) is 66.3 cm³/mol. The molecule has 0 atom stereocenters. The lowest BCUT2D eigenvalue weighted by molar-refractivity contribution is 0.0688. The number of aromatic nitrogens is 2. The van der Waals surface area contributed by atoms with Gasteiger partial charge in [-0.05, 0) is 18.6 Å². The molecule has 6 heteroatoms. The van der Waals surface area contributed by atoms with Crippen LogP contribution in [0.5, 0.6) is 0 Å². The van der Waals surface area contributed by atoms with Gasteiger partial charge < -0.3 is 10.2 Å². The molecule has 0 unspecified atom stereocenters. The van der Waals surface area contributed by atoms with Crippen molar-refractivity contribution in [3.63, 3.8) is 0 Å². The zero-order chi connectivity index (χ0) is 13.1. The minimum Gasteiger partial charge on any atom is -0.476 e. The van der Waals surface area contributed by atoms with Crippen LogP contribution in [0.2, 0.25) is 5.02 Å². The van der Waals surface area contributed by atoms with Crippen molar-refractivity contribution in [3.8, 4) is 5.69 Å². The fraction of sp³-hybridized carbons (Fsp3) is 0.167. The van der Waals surface area contributed by atoms with E-state index in [0.717, 1.165) is 0 Å². The van der Waals surface area contributed by atoms with Crippen molar-refractivity contribution in [1.29, 1.82) is 0 Å². The molecule has 2 N–H and O–H groups in total. The fourth-order valence-electron chi connectivity index (χ4n) is 1.65. The second kappa shape index (κ2) is 5.20. The van der Waals surface area contributed by atoms with Crippen LogP contribution in [0.15, 0.2) is 30.5 Å². The number of carboxylic acid groups (broad SMARTS) is 1. The average molecular weight is 267 g/mol. The van der Waals surface area contributed by atoms with E-state index in [1.165, 1.54) is 4.68 Å². The van der Waals surface area contributed by atoms with Crippen molar-refractivity contribution in [2.45, 2.75) is 6.42 Å². The van der Waals surface area contributed by atoms with Gasteiger partial charge in [0.25, 0.3) is 0 Å². The van der Waals surface area contributed by atoms with Gasteiger partial charge >= 0.3 is 5.97 Å². The summed E-state index contributed by atoms with van der Waals surface area (Å²) >= 11 is 6.02. The van der Waals surface area contributed by atoms with Crippen LogP contribution >= 0.6 is 11.6 Å². The highest BCUT2D eigenvalue weighted by molar-refractivity contribution is 6.32. The van der Waals surface area contributed by atoms with E-state index in [9.17, 15) is 4.79 Å². The van der Waals surface area contributed by atoms with Gasteiger partial charge in [0.2, 0.25) is 0 Å². The van der Waals surface area contributed by atoms with Gasteiger partial charge in [0, 0.05) is 18.4 Å². The number of hydrogen-bond acceptors (Lipinski definition) is 3. The van der Waals surface area contributed by atoms with Crippen molar-refractivity contribution in [2.24, 2.45) is 0 Å². The first-order valence-electron chi connectivity index (χ1n) is 5.31. The summed E-state index contributed by atoms with van der Waals surface area (Å²) < 4.78 is 1.41. The molecule has 0 bridgehead atoms. The zero-order valence-electron chi connectivity index (χ0n) is 9.38. The third-order valence-electron chi connectivity index (χ3n) is 2.47. The molecule has 1 heterocycles. The second-order valence-electron chi connectivity index (χ2n) is 3.68. The largest absolute Gasteiger partial charge is 0.476 e. The molecule has 5 nitrogen and oxygen atoms in total. The van der Waals surface area contributed by atoms with E-state index < -0.39 is 5.97 Å². The topological polar surface area (TPSA) is 75.3 Å². The van der Waals surface area contributed by atoms with Crippen molar-refractivity contribution in [1.82, 2.24) is 9.78 Å². The standard InChI is InChI=1S/C12H11ClN2O3/c13-9-3-1-2-4-10(9)15-7-8(5-6-16)11(14-15)12(17)18/h1-4,7,16H,5-6H2,(H,17,18). The zero-order valence-corrected chi connectivity index (χ0v) is 10.1. The van der Waals surface area contributed by atoms with Crippen molar-refractivity contribution in [2.75, 3.05) is 6.61 Å². The van der Waals surface area contributed by atoms with E-state index in [1.54, 1.807) is 30.5 Å². The molecule has 94 valence electrons. The molecule has 18 heavy (non-hydrogen) atoms. The first-order chi connectivity index (χ1) is 8.63. The van der Waals surface area contributed by atoms with Crippen molar-refractivity contribution < 1.29 is 15.0 Å². The Hall–Kier alpha value is -1.85. The van der Waals surface area contributed by atoms with Gasteiger partial charge in [-0.1, -0.05) is 23.7 Å². The molecule has 0 spiro atoms. The molecule has 0 aliphatic carbocycles. The van der Waals surface area contributed by atoms with Gasteiger partial charge in [0.05, 0.1) is 10.7 Å². The third-order valence-corrected chi connectivity index (χ3v) is 2.79. The summed E-state index contributed by atoms with van der Waals surface area (Å²) in [6, 6.07) is 7.01. The number of carboxylic acids is 1. The molecule has 0 fully saturated rings. The van der Waals surface area contributed by atoms with Gasteiger partial charge in [0.15, 0.2) is 5.69 Å². The number of benzene rings is 1. The fourth-order valence-corrected chi connectivity index (χ4v) is 1.88. The molecular weight excluding hydrogens is 256 g/mol. The SMILES string of the molecule is O=C(O)c1nn(-c2ccccc2Cl)cc1CCO. The smallest absolute Gasteiger partial charge is 0.356 e. The highest BCUT2D eigenvalue weighted by atomic mass is 35.5. The number of rotatable bonds is 4. The highest BCUT2D eigenvalue weighted by Gasteiger charge is 2.16. The van der Waals surface area contributed by atoms with E-state index in [2.05, 4.69) is 5.10 Å². The molecule has 1 aromatic carbocycles. The average Bonchev–Trinajstić information content (AvgIpc) is 2.74. The number of halogens is 1. The molecule has 2 aromatic rings. The Morgan fingerprint density at radius 3 is 2.72 bits per heavy atom. The Labute approximate surface area is 108 Å². The van der Waals surface area contributed by atoms with Crippen molar-refractivity contribution in [3.05, 3.63) is 46.7 Å². The van der Waals surface area contributed by atoms with Crippen LogP contribution in [-0.4, -0.2) is 32.6 Å². The van der Waals surface area contributed by atoms with Crippen LogP contribution < -0.4 is 0 Å². The normalized spacial score (nSPS) is 10.6. The number of carbonyl (C=O) groups is 1. The summed E-state index contributed by atoms with van der Waals surface area (Å²) in [6.45, 7) is -0.130. The van der Waals surface area contributed by atoms with E-state index >= 15 is 0 Å². The highest BCUT2D eigenvalue weighted by Crippen LogP contribution is 2.20. The Morgan fingerprint density at radius 2 is 2.11 bits per heavy atom. The lowest BCUT2D eigenvalue weighted by Crippen LogP contribution is -2.04. The number of aliphatic hydroxyl groups is 1. The Balaban J connectivity index is 2.50. The molecule has 1 aromatic heterocycles. The van der Waals surface area contributed by atoms with E-state index in [0.29, 0.717) is 16.3 Å². The van der Waals surface area contributed by atoms with Gasteiger partial charge in [-0.25, -0.2) is 9.48 Å². The van der Waals surface area contributed by atoms with Crippen LogP contribution in [0, 0.1) is 0 Å². The third kappa shape index (κ3) is 2.37. The summed E-state index contributed by atoms with van der Waals surface area (Å²) in [5, 5.41) is 22.4. The lowest BCUT2D eigenvalue weighted by atomic mass is 10.2.